The van der Waals surface area contributed by atoms with E-state index in [0.717, 1.165) is 32.4 Å². The molecule has 1 saturated carbocycles. The number of rotatable bonds is 8. The first-order valence-corrected chi connectivity index (χ1v) is 11.8. The molecule has 4 heteroatoms. The van der Waals surface area contributed by atoms with Gasteiger partial charge in [-0.15, -0.1) is 0 Å². The first-order valence-electron chi connectivity index (χ1n) is 11.8. The van der Waals surface area contributed by atoms with Crippen LogP contribution in [0.5, 0.6) is 0 Å². The summed E-state index contributed by atoms with van der Waals surface area (Å²) in [6, 6.07) is 10.6. The molecule has 0 aromatic heterocycles. The maximum atomic E-state index is 13.4. The first-order chi connectivity index (χ1) is 14.2. The van der Waals surface area contributed by atoms with E-state index in [4.69, 9.17) is 0 Å². The molecule has 1 aliphatic heterocycles. The van der Waals surface area contributed by atoms with Crippen LogP contribution in [-0.2, 0) is 4.79 Å². The number of nitrogens with one attached hydrogen (secondary N) is 2. The maximum Gasteiger partial charge on any atom is 0.226 e. The topological polar surface area (TPSA) is 29.2 Å². The molecule has 1 aromatic carbocycles. The predicted molar refractivity (Wildman–Crippen MR) is 117 cm³/mol. The van der Waals surface area contributed by atoms with E-state index in [1.807, 2.05) is 0 Å². The van der Waals surface area contributed by atoms with Crippen molar-refractivity contribution < 1.29 is 14.6 Å². The van der Waals surface area contributed by atoms with Gasteiger partial charge in [0.05, 0.1) is 13.6 Å². The maximum absolute atomic E-state index is 13.4. The van der Waals surface area contributed by atoms with Crippen LogP contribution >= 0.6 is 0 Å². The van der Waals surface area contributed by atoms with Gasteiger partial charge in [0.25, 0.3) is 0 Å². The number of likely N-dealkylation sites (N-methyl/N-ethyl adjacent to an activating group) is 1. The molecule has 4 rings (SSSR count). The molecule has 3 aliphatic rings. The number of quaternary nitrogens is 2. The Morgan fingerprint density at radius 1 is 1.10 bits per heavy atom. The summed E-state index contributed by atoms with van der Waals surface area (Å²) in [5.41, 5.74) is 1.34. The van der Waals surface area contributed by atoms with Gasteiger partial charge in [-0.3, -0.25) is 4.79 Å². The van der Waals surface area contributed by atoms with E-state index >= 15 is 0 Å². The van der Waals surface area contributed by atoms with Crippen LogP contribution in [0.15, 0.2) is 42.5 Å². The van der Waals surface area contributed by atoms with E-state index < -0.39 is 0 Å². The Kier molecular flexibility index (Phi) is 7.04. The number of nitrogens with zero attached hydrogens (tertiary/aromatic N) is 1. The second kappa shape index (κ2) is 9.90. The minimum Gasteiger partial charge on any atom is -0.342 e. The van der Waals surface area contributed by atoms with Crippen LogP contribution in [0.2, 0.25) is 0 Å². The van der Waals surface area contributed by atoms with Crippen molar-refractivity contribution in [3.8, 4) is 0 Å². The highest BCUT2D eigenvalue weighted by atomic mass is 16.2. The minimum absolute atomic E-state index is 0.219. The lowest BCUT2D eigenvalue weighted by Gasteiger charge is -2.30. The fourth-order valence-electron chi connectivity index (χ4n) is 5.20. The van der Waals surface area contributed by atoms with Crippen molar-refractivity contribution in [3.05, 3.63) is 48.0 Å². The van der Waals surface area contributed by atoms with Crippen molar-refractivity contribution in [2.24, 2.45) is 11.8 Å². The molecule has 1 aromatic rings. The van der Waals surface area contributed by atoms with Gasteiger partial charge in [-0.2, -0.15) is 0 Å². The molecule has 0 unspecified atom stereocenters. The quantitative estimate of drug-likeness (QED) is 0.624. The second-order valence-corrected chi connectivity index (χ2v) is 9.60. The van der Waals surface area contributed by atoms with Crippen molar-refractivity contribution >= 4 is 5.91 Å². The molecule has 0 spiro atoms. The van der Waals surface area contributed by atoms with E-state index in [9.17, 15) is 4.79 Å². The average molecular weight is 398 g/mol. The van der Waals surface area contributed by atoms with E-state index in [2.05, 4.69) is 54.4 Å². The number of hydrogen-bond acceptors (Lipinski definition) is 1. The number of piperazine rings is 1. The number of carbonyl (C=O) groups excluding carboxylic acids is 1. The molecule has 2 fully saturated rings. The summed E-state index contributed by atoms with van der Waals surface area (Å²) in [6.07, 6.45) is 10.4. The summed E-state index contributed by atoms with van der Waals surface area (Å²) in [7, 11) is 2.30. The molecule has 3 atom stereocenters. The van der Waals surface area contributed by atoms with Gasteiger partial charge in [0, 0.05) is 25.4 Å². The highest BCUT2D eigenvalue weighted by molar-refractivity contribution is 5.83. The van der Waals surface area contributed by atoms with Gasteiger partial charge in [0.1, 0.15) is 26.2 Å². The van der Waals surface area contributed by atoms with E-state index in [1.54, 1.807) is 9.80 Å². The van der Waals surface area contributed by atoms with Crippen molar-refractivity contribution in [2.45, 2.75) is 38.0 Å². The molecule has 4 nitrogen and oxygen atoms in total. The molecule has 2 aliphatic carbocycles. The van der Waals surface area contributed by atoms with Gasteiger partial charge >= 0.3 is 0 Å². The van der Waals surface area contributed by atoms with Crippen LogP contribution in [0, 0.1) is 11.8 Å². The molecule has 1 heterocycles. The Hall–Kier alpha value is -1.65. The SMILES string of the molecule is C[NH+]1CC[NH+](CCCN(C[C@H]2CC=CCC2)C(=O)[C@H]2C[C@H]2c2ccccc2)CC1. The van der Waals surface area contributed by atoms with Gasteiger partial charge in [0.15, 0.2) is 0 Å². The zero-order chi connectivity index (χ0) is 20.1. The molecule has 1 amide bonds. The Morgan fingerprint density at radius 2 is 1.90 bits per heavy atom. The number of benzene rings is 1. The molecule has 0 radical (unpaired) electrons. The molecule has 1 saturated heterocycles. The number of carbonyl (C=O) groups is 1. The Balaban J connectivity index is 1.32. The zero-order valence-corrected chi connectivity index (χ0v) is 18.1. The summed E-state index contributed by atoms with van der Waals surface area (Å²) >= 11 is 0. The Labute approximate surface area is 176 Å². The molecule has 2 N–H and O–H groups in total. The molecular formula is C25H39N3O+2. The molecule has 158 valence electrons. The number of allylic oxidation sites excluding steroid dienone is 2. The lowest BCUT2D eigenvalue weighted by Crippen LogP contribution is -3.27. The number of hydrogen-bond donors (Lipinski definition) is 2. The van der Waals surface area contributed by atoms with Crippen LogP contribution < -0.4 is 9.80 Å². The summed E-state index contributed by atoms with van der Waals surface area (Å²) in [4.78, 5) is 19.0. The monoisotopic (exact) mass is 397 g/mol. The molecular weight excluding hydrogens is 358 g/mol. The Bertz CT molecular complexity index is 681. The van der Waals surface area contributed by atoms with E-state index in [-0.39, 0.29) is 5.92 Å². The fraction of sp³-hybridized carbons (Fsp3) is 0.640. The van der Waals surface area contributed by atoms with Crippen LogP contribution in [0.1, 0.15) is 43.6 Å². The summed E-state index contributed by atoms with van der Waals surface area (Å²) in [6.45, 7) is 8.26. The normalized spacial score (nSPS) is 31.4. The predicted octanol–water partition coefficient (Wildman–Crippen LogP) is 0.778. The van der Waals surface area contributed by atoms with E-state index in [1.165, 1.54) is 51.1 Å². The van der Waals surface area contributed by atoms with Crippen molar-refractivity contribution in [3.63, 3.8) is 0 Å². The van der Waals surface area contributed by atoms with Crippen molar-refractivity contribution in [1.82, 2.24) is 4.90 Å². The highest BCUT2D eigenvalue weighted by Crippen LogP contribution is 2.48. The third kappa shape index (κ3) is 5.70. The van der Waals surface area contributed by atoms with Gasteiger partial charge in [0.2, 0.25) is 5.91 Å². The van der Waals surface area contributed by atoms with Crippen LogP contribution in [-0.4, -0.2) is 63.7 Å². The average Bonchev–Trinajstić information content (AvgIpc) is 3.56. The summed E-state index contributed by atoms with van der Waals surface area (Å²) < 4.78 is 0. The van der Waals surface area contributed by atoms with Crippen LogP contribution in [0.25, 0.3) is 0 Å². The van der Waals surface area contributed by atoms with E-state index in [0.29, 0.717) is 17.7 Å². The highest BCUT2D eigenvalue weighted by Gasteiger charge is 2.45. The van der Waals surface area contributed by atoms with Gasteiger partial charge < -0.3 is 14.7 Å². The lowest BCUT2D eigenvalue weighted by atomic mass is 9.93. The fourth-order valence-corrected chi connectivity index (χ4v) is 5.20. The molecule has 0 bridgehead atoms. The van der Waals surface area contributed by atoms with Crippen LogP contribution in [0.4, 0.5) is 0 Å². The van der Waals surface area contributed by atoms with Crippen molar-refractivity contribution in [1.29, 1.82) is 0 Å². The van der Waals surface area contributed by atoms with Crippen LogP contribution in [0.3, 0.4) is 0 Å². The minimum atomic E-state index is 0.219. The van der Waals surface area contributed by atoms with Gasteiger partial charge in [-0.1, -0.05) is 42.5 Å². The Morgan fingerprint density at radius 3 is 2.62 bits per heavy atom. The smallest absolute Gasteiger partial charge is 0.226 e. The van der Waals surface area contributed by atoms with Gasteiger partial charge in [-0.05, 0) is 43.1 Å². The largest absolute Gasteiger partial charge is 0.342 e. The third-order valence-corrected chi connectivity index (χ3v) is 7.27. The summed E-state index contributed by atoms with van der Waals surface area (Å²) in [5.74, 6) is 1.74. The second-order valence-electron chi connectivity index (χ2n) is 9.60. The first kappa shape index (κ1) is 20.6. The summed E-state index contributed by atoms with van der Waals surface area (Å²) in [5, 5.41) is 0. The lowest BCUT2D eigenvalue weighted by molar-refractivity contribution is -1.00. The number of amides is 1. The zero-order valence-electron chi connectivity index (χ0n) is 18.1. The third-order valence-electron chi connectivity index (χ3n) is 7.27. The van der Waals surface area contributed by atoms with Crippen molar-refractivity contribution in [2.75, 3.05) is 52.9 Å². The molecule has 29 heavy (non-hydrogen) atoms. The standard InChI is InChI=1S/C25H37N3O/c1-26-15-17-27(18-16-26)13-8-14-28(20-21-9-4-2-5-10-21)25(29)24-19-23(24)22-11-6-3-7-12-22/h2-4,6-7,11-12,21,23-24H,5,8-10,13-20H2,1H3/p+2/t21-,23-,24-/m0/s1. The van der Waals surface area contributed by atoms with Gasteiger partial charge in [-0.25, -0.2) is 0 Å².